The van der Waals surface area contributed by atoms with E-state index in [2.05, 4.69) is 10.3 Å². The molecule has 0 unspecified atom stereocenters. The molecule has 0 amide bonds. The lowest BCUT2D eigenvalue weighted by atomic mass is 9.91. The predicted octanol–water partition coefficient (Wildman–Crippen LogP) is 1.86. The lowest BCUT2D eigenvalue weighted by Gasteiger charge is -2.24. The van der Waals surface area contributed by atoms with Crippen molar-refractivity contribution in [2.75, 3.05) is 13.1 Å². The highest BCUT2D eigenvalue weighted by Crippen LogP contribution is 2.26. The molecule has 4 nitrogen and oxygen atoms in total. The Morgan fingerprint density at radius 3 is 2.90 bits per heavy atom. The number of hydrogen-bond donors (Lipinski definition) is 1. The van der Waals surface area contributed by atoms with Gasteiger partial charge in [-0.05, 0) is 44.5 Å². The van der Waals surface area contributed by atoms with Gasteiger partial charge >= 0.3 is 0 Å². The van der Waals surface area contributed by atoms with Crippen LogP contribution >= 0.6 is 0 Å². The lowest BCUT2D eigenvalue weighted by molar-refractivity contribution is 0.450. The van der Waals surface area contributed by atoms with E-state index in [-0.39, 0.29) is 17.1 Å². The van der Waals surface area contributed by atoms with Crippen molar-refractivity contribution in [3.63, 3.8) is 0 Å². The molecule has 2 aromatic heterocycles. The summed E-state index contributed by atoms with van der Waals surface area (Å²) in [5.74, 6) is -0.189. The van der Waals surface area contributed by atoms with Crippen LogP contribution in [0.1, 0.15) is 36.9 Å². The summed E-state index contributed by atoms with van der Waals surface area (Å²) in [5.41, 5.74) is 1.53. The molecular formula is C15H18FN3O. The van der Waals surface area contributed by atoms with Gasteiger partial charge in [0.25, 0.3) is 5.56 Å². The summed E-state index contributed by atoms with van der Waals surface area (Å²) >= 11 is 0. The summed E-state index contributed by atoms with van der Waals surface area (Å²) in [6.45, 7) is 3.80. The van der Waals surface area contributed by atoms with Crippen LogP contribution in [-0.2, 0) is 6.42 Å². The molecule has 0 bridgehead atoms. The Balaban J connectivity index is 2.24. The SMILES string of the molecule is CCc1c(C2CCNCC2)nc2c(F)cccn2c1=O. The molecule has 0 aromatic carbocycles. The van der Waals surface area contributed by atoms with Crippen molar-refractivity contribution in [3.8, 4) is 0 Å². The first-order chi connectivity index (χ1) is 9.72. The first kappa shape index (κ1) is 13.2. The number of halogens is 1. The highest BCUT2D eigenvalue weighted by Gasteiger charge is 2.22. The zero-order chi connectivity index (χ0) is 14.1. The number of aromatic nitrogens is 2. The molecular weight excluding hydrogens is 257 g/mol. The molecule has 0 atom stereocenters. The average Bonchev–Trinajstić information content (AvgIpc) is 2.49. The molecule has 106 valence electrons. The van der Waals surface area contributed by atoms with Gasteiger partial charge in [-0.2, -0.15) is 0 Å². The number of fused-ring (bicyclic) bond motifs is 1. The van der Waals surface area contributed by atoms with E-state index in [0.29, 0.717) is 6.42 Å². The van der Waals surface area contributed by atoms with Crippen LogP contribution in [0.2, 0.25) is 0 Å². The third-order valence-corrected chi connectivity index (χ3v) is 4.01. The molecule has 0 spiro atoms. The van der Waals surface area contributed by atoms with E-state index in [1.807, 2.05) is 6.92 Å². The summed E-state index contributed by atoms with van der Waals surface area (Å²) in [6, 6.07) is 2.88. The van der Waals surface area contributed by atoms with Gasteiger partial charge in [0.05, 0.1) is 5.69 Å². The molecule has 1 aliphatic rings. The van der Waals surface area contributed by atoms with Gasteiger partial charge in [0, 0.05) is 17.7 Å². The lowest BCUT2D eigenvalue weighted by Crippen LogP contribution is -2.30. The fraction of sp³-hybridized carbons (Fsp3) is 0.467. The molecule has 0 radical (unpaired) electrons. The van der Waals surface area contributed by atoms with Crippen molar-refractivity contribution in [3.05, 3.63) is 45.8 Å². The minimum atomic E-state index is -0.442. The topological polar surface area (TPSA) is 46.4 Å². The molecule has 2 aromatic rings. The predicted molar refractivity (Wildman–Crippen MR) is 75.6 cm³/mol. The second-order valence-electron chi connectivity index (χ2n) is 5.21. The summed E-state index contributed by atoms with van der Waals surface area (Å²) in [6.07, 6.45) is 4.11. The summed E-state index contributed by atoms with van der Waals surface area (Å²) in [4.78, 5) is 17.0. The van der Waals surface area contributed by atoms with E-state index < -0.39 is 5.82 Å². The Kier molecular flexibility index (Phi) is 3.53. The molecule has 3 heterocycles. The van der Waals surface area contributed by atoms with Gasteiger partial charge < -0.3 is 5.32 Å². The minimum absolute atomic E-state index is 0.134. The molecule has 5 heteroatoms. The summed E-state index contributed by atoms with van der Waals surface area (Å²) in [7, 11) is 0. The van der Waals surface area contributed by atoms with Crippen LogP contribution in [0.3, 0.4) is 0 Å². The van der Waals surface area contributed by atoms with Crippen LogP contribution in [0.5, 0.6) is 0 Å². The van der Waals surface area contributed by atoms with Gasteiger partial charge in [0.15, 0.2) is 11.5 Å². The second-order valence-corrected chi connectivity index (χ2v) is 5.21. The first-order valence-electron chi connectivity index (χ1n) is 7.12. The molecule has 0 aliphatic carbocycles. The molecule has 0 saturated carbocycles. The largest absolute Gasteiger partial charge is 0.317 e. The highest BCUT2D eigenvalue weighted by atomic mass is 19.1. The fourth-order valence-corrected chi connectivity index (χ4v) is 2.95. The van der Waals surface area contributed by atoms with Crippen LogP contribution in [0.25, 0.3) is 5.65 Å². The summed E-state index contributed by atoms with van der Waals surface area (Å²) < 4.78 is 15.2. The van der Waals surface area contributed by atoms with E-state index in [9.17, 15) is 9.18 Å². The van der Waals surface area contributed by atoms with E-state index in [1.54, 1.807) is 6.20 Å². The minimum Gasteiger partial charge on any atom is -0.317 e. The van der Waals surface area contributed by atoms with Crippen molar-refractivity contribution in [1.82, 2.24) is 14.7 Å². The van der Waals surface area contributed by atoms with Crippen molar-refractivity contribution in [2.24, 2.45) is 0 Å². The maximum absolute atomic E-state index is 13.9. The van der Waals surface area contributed by atoms with Gasteiger partial charge in [0.1, 0.15) is 0 Å². The quantitative estimate of drug-likeness (QED) is 0.910. The van der Waals surface area contributed by atoms with E-state index in [0.717, 1.165) is 37.2 Å². The number of nitrogens with one attached hydrogen (secondary N) is 1. The molecule has 3 rings (SSSR count). The number of hydrogen-bond acceptors (Lipinski definition) is 3. The van der Waals surface area contributed by atoms with Gasteiger partial charge in [-0.3, -0.25) is 9.20 Å². The van der Waals surface area contributed by atoms with Crippen molar-refractivity contribution < 1.29 is 4.39 Å². The van der Waals surface area contributed by atoms with Crippen molar-refractivity contribution in [2.45, 2.75) is 32.1 Å². The van der Waals surface area contributed by atoms with Crippen LogP contribution in [0, 0.1) is 5.82 Å². The van der Waals surface area contributed by atoms with Gasteiger partial charge in [-0.15, -0.1) is 0 Å². The van der Waals surface area contributed by atoms with Crippen molar-refractivity contribution in [1.29, 1.82) is 0 Å². The standard InChI is InChI=1S/C15H18FN3O/c1-2-11-13(10-5-7-17-8-6-10)18-14-12(16)4-3-9-19(14)15(11)20/h3-4,9-10,17H,2,5-8H2,1H3. The normalized spacial score (nSPS) is 16.7. The maximum atomic E-state index is 13.9. The summed E-state index contributed by atoms with van der Waals surface area (Å²) in [5, 5.41) is 3.30. The third kappa shape index (κ3) is 2.12. The monoisotopic (exact) mass is 275 g/mol. The van der Waals surface area contributed by atoms with Crippen LogP contribution in [-0.4, -0.2) is 22.5 Å². The van der Waals surface area contributed by atoms with E-state index in [1.165, 1.54) is 16.5 Å². The Morgan fingerprint density at radius 1 is 1.45 bits per heavy atom. The van der Waals surface area contributed by atoms with E-state index >= 15 is 0 Å². The highest BCUT2D eigenvalue weighted by molar-refractivity contribution is 5.43. The Labute approximate surface area is 116 Å². The zero-order valence-corrected chi connectivity index (χ0v) is 11.5. The fourth-order valence-electron chi connectivity index (χ4n) is 2.95. The molecule has 1 fully saturated rings. The Morgan fingerprint density at radius 2 is 2.20 bits per heavy atom. The molecule has 1 N–H and O–H groups in total. The van der Waals surface area contributed by atoms with Crippen LogP contribution in [0.4, 0.5) is 4.39 Å². The van der Waals surface area contributed by atoms with Gasteiger partial charge in [-0.25, -0.2) is 9.37 Å². The zero-order valence-electron chi connectivity index (χ0n) is 11.5. The molecule has 1 aliphatic heterocycles. The van der Waals surface area contributed by atoms with Gasteiger partial charge in [0.2, 0.25) is 0 Å². The van der Waals surface area contributed by atoms with Gasteiger partial charge in [-0.1, -0.05) is 6.92 Å². The number of pyridine rings is 1. The van der Waals surface area contributed by atoms with E-state index in [4.69, 9.17) is 0 Å². The smallest absolute Gasteiger partial charge is 0.261 e. The molecule has 1 saturated heterocycles. The average molecular weight is 275 g/mol. The number of piperidine rings is 1. The Bertz CT molecular complexity index is 689. The molecule has 20 heavy (non-hydrogen) atoms. The van der Waals surface area contributed by atoms with Crippen molar-refractivity contribution >= 4 is 5.65 Å². The van der Waals surface area contributed by atoms with Crippen LogP contribution in [0.15, 0.2) is 23.1 Å². The third-order valence-electron chi connectivity index (χ3n) is 4.01. The van der Waals surface area contributed by atoms with Crippen LogP contribution < -0.4 is 10.9 Å². The first-order valence-corrected chi connectivity index (χ1v) is 7.12. The Hall–Kier alpha value is -1.75. The number of rotatable bonds is 2. The maximum Gasteiger partial charge on any atom is 0.261 e. The second kappa shape index (κ2) is 5.32. The number of nitrogens with zero attached hydrogens (tertiary/aromatic N) is 2.